The molecule has 0 aromatic carbocycles. The van der Waals surface area contributed by atoms with Crippen LogP contribution in [0.4, 0.5) is 0 Å². The van der Waals surface area contributed by atoms with Crippen molar-refractivity contribution in [2.75, 3.05) is 26.2 Å². The summed E-state index contributed by atoms with van der Waals surface area (Å²) in [6, 6.07) is 0. The van der Waals surface area contributed by atoms with Gasteiger partial charge in [-0.05, 0) is 12.8 Å². The molecule has 0 bridgehead atoms. The Morgan fingerprint density at radius 2 is 1.95 bits per heavy atom. The van der Waals surface area contributed by atoms with E-state index < -0.39 is 0 Å². The van der Waals surface area contributed by atoms with Gasteiger partial charge in [-0.25, -0.2) is 4.98 Å². The Morgan fingerprint density at radius 3 is 2.48 bits per heavy atom. The van der Waals surface area contributed by atoms with Crippen molar-refractivity contribution >= 4 is 17.2 Å². The molecule has 0 atom stereocenters. The van der Waals surface area contributed by atoms with E-state index in [2.05, 4.69) is 36.0 Å². The predicted molar refractivity (Wildman–Crippen MR) is 85.4 cm³/mol. The van der Waals surface area contributed by atoms with Gasteiger partial charge >= 0.3 is 0 Å². The fourth-order valence-electron chi connectivity index (χ4n) is 2.67. The highest BCUT2D eigenvalue weighted by Crippen LogP contribution is 2.31. The minimum atomic E-state index is 0.137. The van der Waals surface area contributed by atoms with Gasteiger partial charge in [-0.3, -0.25) is 9.69 Å². The minimum absolute atomic E-state index is 0.137. The van der Waals surface area contributed by atoms with Crippen LogP contribution in [0, 0.1) is 5.92 Å². The minimum Gasteiger partial charge on any atom is -0.340 e. The van der Waals surface area contributed by atoms with E-state index in [1.807, 2.05) is 0 Å². The Labute approximate surface area is 131 Å². The van der Waals surface area contributed by atoms with Crippen LogP contribution < -0.4 is 0 Å². The Balaban J connectivity index is 1.51. The second-order valence-electron chi connectivity index (χ2n) is 7.27. The first-order chi connectivity index (χ1) is 9.93. The van der Waals surface area contributed by atoms with Gasteiger partial charge in [0.2, 0.25) is 5.91 Å². The topological polar surface area (TPSA) is 36.4 Å². The fraction of sp³-hybridized carbons (Fsp3) is 0.750. The second kappa shape index (κ2) is 5.69. The summed E-state index contributed by atoms with van der Waals surface area (Å²) in [4.78, 5) is 21.3. The van der Waals surface area contributed by atoms with Crippen LogP contribution in [0.3, 0.4) is 0 Å². The van der Waals surface area contributed by atoms with Gasteiger partial charge in [0.25, 0.3) is 0 Å². The van der Waals surface area contributed by atoms with Crippen molar-refractivity contribution in [3.63, 3.8) is 0 Å². The second-order valence-corrected chi connectivity index (χ2v) is 8.13. The largest absolute Gasteiger partial charge is 0.340 e. The van der Waals surface area contributed by atoms with Crippen molar-refractivity contribution in [1.29, 1.82) is 0 Å². The molecule has 1 aliphatic carbocycles. The molecule has 1 saturated heterocycles. The maximum absolute atomic E-state index is 12.0. The fourth-order valence-corrected chi connectivity index (χ4v) is 3.57. The van der Waals surface area contributed by atoms with Crippen molar-refractivity contribution in [2.45, 2.75) is 45.6 Å². The van der Waals surface area contributed by atoms with Crippen LogP contribution >= 0.6 is 11.3 Å². The van der Waals surface area contributed by atoms with Gasteiger partial charge in [-0.2, -0.15) is 0 Å². The van der Waals surface area contributed by atoms with Crippen molar-refractivity contribution in [2.24, 2.45) is 5.92 Å². The number of thiazole rings is 1. The number of hydrogen-bond acceptors (Lipinski definition) is 4. The number of piperazine rings is 1. The average Bonchev–Trinajstić information content (AvgIpc) is 3.17. The van der Waals surface area contributed by atoms with E-state index in [1.165, 1.54) is 10.7 Å². The highest BCUT2D eigenvalue weighted by molar-refractivity contribution is 7.09. The first-order valence-electron chi connectivity index (χ1n) is 7.89. The highest BCUT2D eigenvalue weighted by Gasteiger charge is 2.34. The SMILES string of the molecule is CC(C)(C)c1nc(CN2CCN(C(=O)C3CC3)CC2)cs1. The van der Waals surface area contributed by atoms with Gasteiger partial charge in [0.1, 0.15) is 0 Å². The van der Waals surface area contributed by atoms with Crippen molar-refractivity contribution in [3.05, 3.63) is 16.1 Å². The lowest BCUT2D eigenvalue weighted by molar-refractivity contribution is -0.134. The predicted octanol–water partition coefficient (Wildman–Crippen LogP) is 2.49. The van der Waals surface area contributed by atoms with Crippen LogP contribution in [-0.4, -0.2) is 46.9 Å². The maximum atomic E-state index is 12.0. The summed E-state index contributed by atoms with van der Waals surface area (Å²) < 4.78 is 0. The summed E-state index contributed by atoms with van der Waals surface area (Å²) in [5.41, 5.74) is 1.31. The highest BCUT2D eigenvalue weighted by atomic mass is 32.1. The number of carbonyl (C=O) groups is 1. The van der Waals surface area contributed by atoms with Gasteiger partial charge in [0.05, 0.1) is 10.7 Å². The molecule has 0 spiro atoms. The first-order valence-corrected chi connectivity index (χ1v) is 8.77. The third-order valence-corrected chi connectivity index (χ3v) is 5.51. The molecule has 1 aromatic rings. The zero-order valence-electron chi connectivity index (χ0n) is 13.3. The van der Waals surface area contributed by atoms with Gasteiger partial charge in [0, 0.05) is 49.4 Å². The van der Waals surface area contributed by atoms with E-state index in [1.54, 1.807) is 11.3 Å². The molecule has 21 heavy (non-hydrogen) atoms. The molecule has 1 aliphatic heterocycles. The van der Waals surface area contributed by atoms with Crippen molar-refractivity contribution in [3.8, 4) is 0 Å². The lowest BCUT2D eigenvalue weighted by atomic mass is 9.98. The molecule has 2 aliphatic rings. The molecule has 5 heteroatoms. The standard InChI is InChI=1S/C16H25N3OS/c1-16(2,3)15-17-13(11-21-15)10-18-6-8-19(9-7-18)14(20)12-4-5-12/h11-12H,4-10H2,1-3H3. The van der Waals surface area contributed by atoms with E-state index in [4.69, 9.17) is 4.98 Å². The van der Waals surface area contributed by atoms with Crippen LogP contribution in [-0.2, 0) is 16.8 Å². The van der Waals surface area contributed by atoms with E-state index in [-0.39, 0.29) is 5.41 Å². The number of nitrogens with zero attached hydrogens (tertiary/aromatic N) is 3. The van der Waals surface area contributed by atoms with Crippen LogP contribution in [0.5, 0.6) is 0 Å². The molecule has 3 rings (SSSR count). The Hall–Kier alpha value is -0.940. The van der Waals surface area contributed by atoms with Crippen LogP contribution in [0.1, 0.15) is 44.3 Å². The molecular weight excluding hydrogens is 282 g/mol. The molecule has 0 radical (unpaired) electrons. The van der Waals surface area contributed by atoms with E-state index in [0.29, 0.717) is 11.8 Å². The van der Waals surface area contributed by atoms with E-state index in [0.717, 1.165) is 45.6 Å². The number of rotatable bonds is 3. The maximum Gasteiger partial charge on any atom is 0.225 e. The van der Waals surface area contributed by atoms with Gasteiger partial charge in [-0.1, -0.05) is 20.8 Å². The lowest BCUT2D eigenvalue weighted by Crippen LogP contribution is -2.48. The summed E-state index contributed by atoms with van der Waals surface area (Å²) in [5.74, 6) is 0.739. The molecule has 1 aromatic heterocycles. The molecule has 1 amide bonds. The Morgan fingerprint density at radius 1 is 1.29 bits per heavy atom. The smallest absolute Gasteiger partial charge is 0.225 e. The lowest BCUT2D eigenvalue weighted by Gasteiger charge is -2.34. The number of aromatic nitrogens is 1. The first kappa shape index (κ1) is 15.0. The van der Waals surface area contributed by atoms with Crippen molar-refractivity contribution < 1.29 is 4.79 Å². The number of amides is 1. The normalized spacial score (nSPS) is 20.8. The summed E-state index contributed by atoms with van der Waals surface area (Å²) in [6.45, 7) is 11.2. The van der Waals surface area contributed by atoms with Crippen LogP contribution in [0.2, 0.25) is 0 Å². The number of carbonyl (C=O) groups excluding carboxylic acids is 1. The molecule has 2 fully saturated rings. The molecule has 2 heterocycles. The van der Waals surface area contributed by atoms with E-state index >= 15 is 0 Å². The average molecular weight is 307 g/mol. The van der Waals surface area contributed by atoms with Gasteiger partial charge in [-0.15, -0.1) is 11.3 Å². The van der Waals surface area contributed by atoms with Crippen LogP contribution in [0.15, 0.2) is 5.38 Å². The third kappa shape index (κ3) is 3.64. The quantitative estimate of drug-likeness (QED) is 0.861. The van der Waals surface area contributed by atoms with E-state index in [9.17, 15) is 4.79 Å². The number of hydrogen-bond donors (Lipinski definition) is 0. The molecule has 116 valence electrons. The Bertz CT molecular complexity index is 508. The summed E-state index contributed by atoms with van der Waals surface area (Å²) >= 11 is 1.76. The molecule has 4 nitrogen and oxygen atoms in total. The van der Waals surface area contributed by atoms with Crippen LogP contribution in [0.25, 0.3) is 0 Å². The summed E-state index contributed by atoms with van der Waals surface area (Å²) in [7, 11) is 0. The molecule has 0 N–H and O–H groups in total. The molecule has 0 unspecified atom stereocenters. The summed E-state index contributed by atoms with van der Waals surface area (Å²) in [6.07, 6.45) is 2.21. The monoisotopic (exact) mass is 307 g/mol. The summed E-state index contributed by atoms with van der Waals surface area (Å²) in [5, 5.41) is 3.39. The Kier molecular flexibility index (Phi) is 4.06. The zero-order valence-corrected chi connectivity index (χ0v) is 14.1. The third-order valence-electron chi connectivity index (χ3n) is 4.19. The van der Waals surface area contributed by atoms with Gasteiger partial charge < -0.3 is 4.90 Å². The van der Waals surface area contributed by atoms with Gasteiger partial charge in [0.15, 0.2) is 0 Å². The van der Waals surface area contributed by atoms with Crippen molar-refractivity contribution in [1.82, 2.24) is 14.8 Å². The zero-order chi connectivity index (χ0) is 15.0. The molecular formula is C16H25N3OS. The molecule has 1 saturated carbocycles.